The molecule has 4 aromatic carbocycles. The summed E-state index contributed by atoms with van der Waals surface area (Å²) in [7, 11) is 1.83. The van der Waals surface area contributed by atoms with Crippen molar-refractivity contribution in [1.29, 1.82) is 0 Å². The molecule has 4 aromatic rings. The number of hydrogen-bond acceptors (Lipinski definition) is 4. The Labute approximate surface area is 231 Å². The van der Waals surface area contributed by atoms with Crippen LogP contribution in [0.2, 0.25) is 0 Å². The van der Waals surface area contributed by atoms with Gasteiger partial charge in [0.1, 0.15) is 24.7 Å². The second-order valence-electron chi connectivity index (χ2n) is 10.3. The molecule has 0 bridgehead atoms. The average molecular weight is 521 g/mol. The number of benzene rings is 4. The summed E-state index contributed by atoms with van der Waals surface area (Å²) >= 11 is 0. The molecule has 0 saturated carbocycles. The highest BCUT2D eigenvalue weighted by Gasteiger charge is 2.24. The highest BCUT2D eigenvalue weighted by Crippen LogP contribution is 2.36. The molecule has 0 aromatic heterocycles. The molecule has 1 N–H and O–H groups in total. The zero-order valence-corrected chi connectivity index (χ0v) is 22.9. The van der Waals surface area contributed by atoms with Crippen molar-refractivity contribution in [3.63, 3.8) is 0 Å². The lowest BCUT2D eigenvalue weighted by atomic mass is 9.97. The van der Waals surface area contributed by atoms with Crippen molar-refractivity contribution >= 4 is 17.3 Å². The number of carbonyl (C=O) groups is 1. The van der Waals surface area contributed by atoms with E-state index in [1.807, 2.05) is 85.9 Å². The normalized spacial score (nSPS) is 12.4. The van der Waals surface area contributed by atoms with Gasteiger partial charge in [-0.15, -0.1) is 0 Å². The number of aryl methyl sites for hydroxylation is 1. The number of amides is 1. The molecule has 1 heterocycles. The molecule has 39 heavy (non-hydrogen) atoms. The van der Waals surface area contributed by atoms with Gasteiger partial charge in [0.15, 0.2) is 0 Å². The second-order valence-corrected chi connectivity index (χ2v) is 10.3. The van der Waals surface area contributed by atoms with E-state index in [0.29, 0.717) is 24.5 Å². The van der Waals surface area contributed by atoms with Crippen molar-refractivity contribution in [3.05, 3.63) is 119 Å². The van der Waals surface area contributed by atoms with E-state index >= 15 is 0 Å². The Hall–Kier alpha value is -4.25. The first kappa shape index (κ1) is 26.4. The number of fused-ring (bicyclic) bond motifs is 1. The van der Waals surface area contributed by atoms with Gasteiger partial charge >= 0.3 is 0 Å². The lowest BCUT2D eigenvalue weighted by Gasteiger charge is -2.24. The van der Waals surface area contributed by atoms with Gasteiger partial charge in [0.2, 0.25) is 0 Å². The van der Waals surface area contributed by atoms with E-state index in [0.717, 1.165) is 53.2 Å². The molecule has 5 heteroatoms. The lowest BCUT2D eigenvalue weighted by molar-refractivity contribution is 0.0988. The van der Waals surface area contributed by atoms with E-state index in [4.69, 9.17) is 9.47 Å². The Balaban J connectivity index is 1.49. The van der Waals surface area contributed by atoms with Crippen LogP contribution in [-0.2, 0) is 19.6 Å². The number of nitrogens with one attached hydrogen (secondary N) is 1. The molecular formula is C34H36N2O3. The number of carbonyl (C=O) groups excluding carboxylic acids is 1. The molecule has 0 aliphatic carbocycles. The summed E-state index contributed by atoms with van der Waals surface area (Å²) < 4.78 is 12.6. The Morgan fingerprint density at radius 1 is 0.846 bits per heavy atom. The smallest absolute Gasteiger partial charge is 0.261 e. The molecule has 0 radical (unpaired) electrons. The van der Waals surface area contributed by atoms with Gasteiger partial charge in [0.05, 0.1) is 5.56 Å². The Morgan fingerprint density at radius 3 is 2.13 bits per heavy atom. The van der Waals surface area contributed by atoms with Crippen LogP contribution < -0.4 is 19.7 Å². The van der Waals surface area contributed by atoms with E-state index in [1.54, 1.807) is 4.90 Å². The van der Waals surface area contributed by atoms with Crippen molar-refractivity contribution in [2.24, 2.45) is 0 Å². The summed E-state index contributed by atoms with van der Waals surface area (Å²) in [5, 5.41) is 3.44. The Morgan fingerprint density at radius 2 is 1.49 bits per heavy atom. The molecular weight excluding hydrogens is 484 g/mol. The fourth-order valence-electron chi connectivity index (χ4n) is 4.88. The minimum absolute atomic E-state index is 0.113. The Bertz CT molecular complexity index is 1420. The molecule has 1 aliphatic rings. The molecule has 0 saturated heterocycles. The highest BCUT2D eigenvalue weighted by atomic mass is 16.5. The van der Waals surface area contributed by atoms with Gasteiger partial charge < -0.3 is 19.7 Å². The highest BCUT2D eigenvalue weighted by molar-refractivity contribution is 6.08. The maximum atomic E-state index is 14.0. The van der Waals surface area contributed by atoms with Crippen molar-refractivity contribution in [1.82, 2.24) is 0 Å². The number of rotatable bonds is 9. The van der Waals surface area contributed by atoms with Crippen molar-refractivity contribution < 1.29 is 14.3 Å². The summed E-state index contributed by atoms with van der Waals surface area (Å²) in [6.45, 7) is 6.01. The van der Waals surface area contributed by atoms with Crippen molar-refractivity contribution in [3.8, 4) is 11.5 Å². The maximum absolute atomic E-state index is 14.0. The van der Waals surface area contributed by atoms with E-state index in [-0.39, 0.29) is 11.8 Å². The van der Waals surface area contributed by atoms with Crippen molar-refractivity contribution in [2.45, 2.75) is 45.8 Å². The topological polar surface area (TPSA) is 50.8 Å². The van der Waals surface area contributed by atoms with E-state index in [9.17, 15) is 4.79 Å². The summed E-state index contributed by atoms with van der Waals surface area (Å²) in [5.74, 6) is 1.29. The summed E-state index contributed by atoms with van der Waals surface area (Å²) in [6, 6.07) is 30.1. The van der Waals surface area contributed by atoms with Crippen LogP contribution in [0.4, 0.5) is 11.4 Å². The van der Waals surface area contributed by atoms with Crippen LogP contribution in [0.25, 0.3) is 0 Å². The van der Waals surface area contributed by atoms with Gasteiger partial charge in [0, 0.05) is 31.0 Å². The van der Waals surface area contributed by atoms with Gasteiger partial charge in [-0.25, -0.2) is 0 Å². The number of ether oxygens (including phenoxy) is 2. The molecule has 5 nitrogen and oxygen atoms in total. The van der Waals surface area contributed by atoms with Crippen LogP contribution in [0.5, 0.6) is 11.5 Å². The van der Waals surface area contributed by atoms with Crippen LogP contribution >= 0.6 is 0 Å². The molecule has 0 spiro atoms. The van der Waals surface area contributed by atoms with Crippen LogP contribution in [0, 0.1) is 0 Å². The molecule has 0 atom stereocenters. The average Bonchev–Trinajstić information content (AvgIpc) is 2.98. The van der Waals surface area contributed by atoms with Crippen molar-refractivity contribution in [2.75, 3.05) is 23.8 Å². The SMILES string of the molecule is CC(C)c1cc(C(=O)N(C)c2ccc3c(c2)CCCN3)c(OCc2ccccc2)cc1OCc1ccccc1. The largest absolute Gasteiger partial charge is 0.488 e. The fourth-order valence-corrected chi connectivity index (χ4v) is 4.88. The monoisotopic (exact) mass is 520 g/mol. The fraction of sp³-hybridized carbons (Fsp3) is 0.265. The molecule has 200 valence electrons. The van der Waals surface area contributed by atoms with E-state index in [2.05, 4.69) is 31.3 Å². The number of hydrogen-bond donors (Lipinski definition) is 1. The van der Waals surface area contributed by atoms with Gasteiger partial charge in [-0.3, -0.25) is 4.79 Å². The zero-order chi connectivity index (χ0) is 27.2. The first-order valence-electron chi connectivity index (χ1n) is 13.7. The summed E-state index contributed by atoms with van der Waals surface area (Å²) in [6.07, 6.45) is 2.10. The molecule has 0 fully saturated rings. The van der Waals surface area contributed by atoms with Gasteiger partial charge in [-0.1, -0.05) is 74.5 Å². The van der Waals surface area contributed by atoms with Crippen LogP contribution in [-0.4, -0.2) is 19.5 Å². The summed E-state index contributed by atoms with van der Waals surface area (Å²) in [4.78, 5) is 15.7. The third-order valence-electron chi connectivity index (χ3n) is 7.16. The van der Waals surface area contributed by atoms with Gasteiger partial charge in [0.25, 0.3) is 5.91 Å². The van der Waals surface area contributed by atoms with E-state index < -0.39 is 0 Å². The first-order valence-corrected chi connectivity index (χ1v) is 13.7. The minimum Gasteiger partial charge on any atom is -0.488 e. The third-order valence-corrected chi connectivity index (χ3v) is 7.16. The zero-order valence-electron chi connectivity index (χ0n) is 22.9. The van der Waals surface area contributed by atoms with Crippen LogP contribution in [0.15, 0.2) is 91.0 Å². The number of nitrogens with zero attached hydrogens (tertiary/aromatic N) is 1. The van der Waals surface area contributed by atoms with Gasteiger partial charge in [-0.2, -0.15) is 0 Å². The molecule has 1 amide bonds. The molecule has 5 rings (SSSR count). The maximum Gasteiger partial charge on any atom is 0.261 e. The predicted molar refractivity (Wildman–Crippen MR) is 158 cm³/mol. The van der Waals surface area contributed by atoms with Gasteiger partial charge in [-0.05, 0) is 65.3 Å². The molecule has 0 unspecified atom stereocenters. The minimum atomic E-state index is -0.113. The second kappa shape index (κ2) is 12.1. The summed E-state index contributed by atoms with van der Waals surface area (Å²) in [5.41, 5.74) is 6.88. The lowest BCUT2D eigenvalue weighted by Crippen LogP contribution is -2.27. The first-order chi connectivity index (χ1) is 19.0. The predicted octanol–water partition coefficient (Wildman–Crippen LogP) is 7.60. The molecule has 1 aliphatic heterocycles. The standard InChI is InChI=1S/C34H36N2O3/c1-24(2)29-20-30(34(37)36(3)28-16-17-31-27(19-28)15-10-18-35-31)33(39-23-26-13-8-5-9-14-26)21-32(29)38-22-25-11-6-4-7-12-25/h4-9,11-14,16-17,19-21,24,35H,10,15,18,22-23H2,1-3H3. The third kappa shape index (κ3) is 6.26. The van der Waals surface area contributed by atoms with E-state index in [1.165, 1.54) is 5.56 Å². The number of anilines is 2. The van der Waals surface area contributed by atoms with Crippen LogP contribution in [0.1, 0.15) is 58.8 Å². The quantitative estimate of drug-likeness (QED) is 0.247. The Kier molecular flexibility index (Phi) is 8.16. The van der Waals surface area contributed by atoms with Crippen LogP contribution in [0.3, 0.4) is 0 Å².